The fraction of sp³-hybridized carbons (Fsp3) is 0.297. The van der Waals surface area contributed by atoms with Gasteiger partial charge in [0.2, 0.25) is 0 Å². The molecule has 14 N–H and O–H groups in total. The molecule has 522 valence electrons. The van der Waals surface area contributed by atoms with Crippen molar-refractivity contribution < 1.29 is 119 Å². The summed E-state index contributed by atoms with van der Waals surface area (Å²) in [6.07, 6.45) is 10.5. The van der Waals surface area contributed by atoms with Crippen molar-refractivity contribution in [2.24, 2.45) is 0 Å². The van der Waals surface area contributed by atoms with Gasteiger partial charge in [-0.25, -0.2) is 47.9 Å². The average molecular weight is 1360 g/mol. The molecule has 0 amide bonds. The Labute approximate surface area is 564 Å². The number of benzene rings is 7. The number of hydrogen-bond donors (Lipinski definition) is 14. The Morgan fingerprint density at radius 3 is 1.21 bits per heavy atom. The molecule has 0 aromatic heterocycles. The molecule has 0 spiro atoms. The molecule has 0 heterocycles. The summed E-state index contributed by atoms with van der Waals surface area (Å²) in [6, 6.07) is 28.3. The lowest BCUT2D eigenvalue weighted by atomic mass is 9.86. The zero-order chi connectivity index (χ0) is 74.0. The first-order valence-electron chi connectivity index (χ1n) is 31.0. The fourth-order valence-electron chi connectivity index (χ4n) is 10.7. The third-order valence-corrected chi connectivity index (χ3v) is 15.5. The van der Waals surface area contributed by atoms with Gasteiger partial charge in [-0.15, -0.1) is 0 Å². The molecule has 0 fully saturated rings. The highest BCUT2D eigenvalue weighted by atomic mass is 16.4. The topological polar surface area (TPSA) is 454 Å². The van der Waals surface area contributed by atoms with Gasteiger partial charge in [0.05, 0.1) is 55.6 Å². The van der Waals surface area contributed by atoms with Crippen molar-refractivity contribution in [3.05, 3.63) is 220 Å². The minimum absolute atomic E-state index is 0.00742. The first-order chi connectivity index (χ1) is 46.0. The van der Waals surface area contributed by atoms with Crippen LogP contribution in [0.1, 0.15) is 264 Å². The maximum Gasteiger partial charge on any atom is 0.337 e. The third kappa shape index (κ3) is 22.3. The molecule has 0 unspecified atom stereocenters. The Hall–Kier alpha value is -11.6. The van der Waals surface area contributed by atoms with Crippen LogP contribution in [0, 0.1) is 13.8 Å². The molecule has 0 radical (unpaired) electrons. The number of carboxylic acids is 10. The predicted molar refractivity (Wildman–Crippen MR) is 360 cm³/mol. The van der Waals surface area contributed by atoms with E-state index in [-0.39, 0.29) is 108 Å². The van der Waals surface area contributed by atoms with E-state index in [1.807, 2.05) is 56.3 Å². The van der Waals surface area contributed by atoms with E-state index in [1.165, 1.54) is 38.5 Å². The molecule has 98 heavy (non-hydrogen) atoms. The van der Waals surface area contributed by atoms with Gasteiger partial charge in [0.15, 0.2) is 0 Å². The van der Waals surface area contributed by atoms with Gasteiger partial charge in [0.1, 0.15) is 23.0 Å². The fourth-order valence-corrected chi connectivity index (χ4v) is 10.7. The Morgan fingerprint density at radius 1 is 0.347 bits per heavy atom. The number of phenols is 4. The molecule has 7 aromatic rings. The summed E-state index contributed by atoms with van der Waals surface area (Å²) >= 11 is 0. The number of aromatic hydroxyl groups is 4. The molecule has 0 saturated heterocycles. The second-order valence-corrected chi connectivity index (χ2v) is 23.2. The Morgan fingerprint density at radius 2 is 0.776 bits per heavy atom. The van der Waals surface area contributed by atoms with E-state index in [0.717, 1.165) is 97.9 Å². The van der Waals surface area contributed by atoms with E-state index in [0.29, 0.717) is 29.5 Å². The Bertz CT molecular complexity index is 4050. The van der Waals surface area contributed by atoms with Gasteiger partial charge in [-0.3, -0.25) is 0 Å². The summed E-state index contributed by atoms with van der Waals surface area (Å²) < 4.78 is 0. The highest BCUT2D eigenvalue weighted by Crippen LogP contribution is 2.39. The van der Waals surface area contributed by atoms with E-state index in [9.17, 15) is 93.9 Å². The van der Waals surface area contributed by atoms with Crippen molar-refractivity contribution in [1.82, 2.24) is 0 Å². The summed E-state index contributed by atoms with van der Waals surface area (Å²) in [7, 11) is 0. The highest BCUT2D eigenvalue weighted by molar-refractivity contribution is 6.06. The largest absolute Gasteiger partial charge is 0.508 e. The van der Waals surface area contributed by atoms with Crippen molar-refractivity contribution >= 4 is 59.7 Å². The van der Waals surface area contributed by atoms with Crippen LogP contribution in [0.15, 0.2) is 109 Å². The standard InChI is InChI=1S/C22H18O5.C20H30O4.C14H18O5.C10H10O5.C8H6O5/c23-20-16(11-14-7-3-1-4-8-14)13-18(21(24)25)19(22(26)27)17(20)12-15-9-5-2-6-10-15;1-3-5-7-9-11-15-13-14-17(19(21)22)18(20(23)24)16(15)12-10-8-6-4-2;1-6(2)8-5-9(13(16)17)11(14(18)19)10(7(3)4)12(8)15;1-4-3-6(9(12)13)7(10(14)15)5(2)8(4)11;9-4-1-2-5(7(10)11)6(3-4)8(12)13/h1-10,13,23H,11-12H2,(H,24,25)(H,26,27);13-14H,3-12H2,1-2H3,(H,21,22)(H,23,24);5-7,15H,1-4H3,(H,16,17)(H,18,19);3,11H,1-2H3,(H,12,13)(H,14,15);1-3,9H,(H,10,11)(H,12,13). The van der Waals surface area contributed by atoms with E-state index >= 15 is 0 Å². The molecule has 24 nitrogen and oxygen atoms in total. The number of hydrogen-bond acceptors (Lipinski definition) is 14. The minimum atomic E-state index is -1.38. The summed E-state index contributed by atoms with van der Waals surface area (Å²) in [4.78, 5) is 112. The molecule has 7 rings (SSSR count). The average Bonchev–Trinajstić information content (AvgIpc) is 0.810. The predicted octanol–water partition coefficient (Wildman–Crippen LogP) is 14.5. The van der Waals surface area contributed by atoms with Crippen molar-refractivity contribution in [1.29, 1.82) is 0 Å². The molecule has 0 saturated carbocycles. The van der Waals surface area contributed by atoms with Crippen LogP contribution < -0.4 is 0 Å². The van der Waals surface area contributed by atoms with Crippen LogP contribution >= 0.6 is 0 Å². The van der Waals surface area contributed by atoms with Crippen LogP contribution in [0.2, 0.25) is 0 Å². The summed E-state index contributed by atoms with van der Waals surface area (Å²) in [5.41, 5.74) is 2.09. The van der Waals surface area contributed by atoms with Crippen LogP contribution in [0.5, 0.6) is 23.0 Å². The van der Waals surface area contributed by atoms with Gasteiger partial charge in [-0.2, -0.15) is 0 Å². The molecular weight excluding hydrogens is 1270 g/mol. The normalized spacial score (nSPS) is 10.5. The lowest BCUT2D eigenvalue weighted by Gasteiger charge is -2.19. The van der Waals surface area contributed by atoms with E-state index in [4.69, 9.17) is 25.5 Å². The van der Waals surface area contributed by atoms with Crippen molar-refractivity contribution in [2.45, 2.75) is 144 Å². The molecule has 0 atom stereocenters. The van der Waals surface area contributed by atoms with Crippen LogP contribution in [0.4, 0.5) is 0 Å². The van der Waals surface area contributed by atoms with Gasteiger partial charge in [-0.05, 0) is 133 Å². The molecular formula is C74H82O24. The number of carboxylic acid groups (broad SMARTS) is 10. The van der Waals surface area contributed by atoms with Gasteiger partial charge in [0.25, 0.3) is 0 Å². The second-order valence-electron chi connectivity index (χ2n) is 23.2. The number of aromatic carboxylic acids is 10. The van der Waals surface area contributed by atoms with E-state index in [1.54, 1.807) is 38.1 Å². The zero-order valence-electron chi connectivity index (χ0n) is 55.4. The van der Waals surface area contributed by atoms with Crippen LogP contribution in [0.25, 0.3) is 0 Å². The highest BCUT2D eigenvalue weighted by Gasteiger charge is 2.30. The van der Waals surface area contributed by atoms with Crippen molar-refractivity contribution in [3.8, 4) is 23.0 Å². The number of phenolic OH excluding ortho intramolecular Hbond substituents is 4. The zero-order valence-corrected chi connectivity index (χ0v) is 55.4. The van der Waals surface area contributed by atoms with Gasteiger partial charge in [-0.1, -0.05) is 147 Å². The van der Waals surface area contributed by atoms with Crippen molar-refractivity contribution in [2.75, 3.05) is 0 Å². The summed E-state index contributed by atoms with van der Waals surface area (Å²) in [5, 5.41) is 131. The number of carbonyl (C=O) groups is 10. The van der Waals surface area contributed by atoms with Gasteiger partial charge in [0, 0.05) is 29.5 Å². The Kier molecular flexibility index (Phi) is 31.4. The first kappa shape index (κ1) is 80.7. The van der Waals surface area contributed by atoms with Crippen LogP contribution in [-0.2, 0) is 25.7 Å². The molecule has 0 aliphatic rings. The number of unbranched alkanes of at least 4 members (excludes halogenated alkanes) is 6. The van der Waals surface area contributed by atoms with E-state index < -0.39 is 65.3 Å². The maximum absolute atomic E-state index is 11.8. The molecule has 0 bridgehead atoms. The van der Waals surface area contributed by atoms with Gasteiger partial charge < -0.3 is 71.5 Å². The first-order valence-corrected chi connectivity index (χ1v) is 31.0. The van der Waals surface area contributed by atoms with Gasteiger partial charge >= 0.3 is 59.7 Å². The smallest absolute Gasteiger partial charge is 0.337 e. The SMILES string of the molecule is CC(C)c1cc(C(=O)O)c(C(=O)O)c(C(C)C)c1O.CCCCCCc1ccc(C(=O)O)c(C(=O)O)c1CCCCCC.Cc1cc(C(=O)O)c(C(=O)O)c(C)c1O.O=C(O)c1cc(Cc2ccccc2)c(O)c(Cc2ccccc2)c1C(=O)O.O=C(O)c1ccc(O)cc1C(=O)O. The third-order valence-electron chi connectivity index (χ3n) is 15.5. The Balaban J connectivity index is 0.000000327. The monoisotopic (exact) mass is 1350 g/mol. The molecule has 0 aliphatic carbocycles. The summed E-state index contributed by atoms with van der Waals surface area (Å²) in [6.45, 7) is 14.2. The number of aryl methyl sites for hydroxylation is 2. The van der Waals surface area contributed by atoms with Crippen LogP contribution in [0.3, 0.4) is 0 Å². The second kappa shape index (κ2) is 38.1. The minimum Gasteiger partial charge on any atom is -0.508 e. The van der Waals surface area contributed by atoms with Crippen molar-refractivity contribution in [3.63, 3.8) is 0 Å². The lowest BCUT2D eigenvalue weighted by molar-refractivity contribution is 0.0649. The lowest BCUT2D eigenvalue weighted by Crippen LogP contribution is -2.14. The maximum atomic E-state index is 11.8. The molecule has 24 heteroatoms. The molecule has 0 aliphatic heterocycles. The number of rotatable bonds is 26. The summed E-state index contributed by atoms with van der Waals surface area (Å²) in [5.74, 6) is -14.2. The van der Waals surface area contributed by atoms with E-state index in [2.05, 4.69) is 13.8 Å². The molecule has 7 aromatic carbocycles. The quantitative estimate of drug-likeness (QED) is 0.0224. The van der Waals surface area contributed by atoms with Crippen LogP contribution in [-0.4, -0.2) is 131 Å².